The fourth-order valence-corrected chi connectivity index (χ4v) is 4.14. The van der Waals surface area contributed by atoms with Crippen molar-refractivity contribution in [2.75, 3.05) is 13.1 Å². The van der Waals surface area contributed by atoms with Crippen molar-refractivity contribution in [2.45, 2.75) is 44.2 Å². The maximum absolute atomic E-state index is 12.6. The third-order valence-corrected chi connectivity index (χ3v) is 5.34. The van der Waals surface area contributed by atoms with E-state index >= 15 is 0 Å². The van der Waals surface area contributed by atoms with Gasteiger partial charge in [0.15, 0.2) is 0 Å². The van der Waals surface area contributed by atoms with E-state index in [4.69, 9.17) is 0 Å². The number of hydrogen-bond donors (Lipinski definition) is 1. The van der Waals surface area contributed by atoms with Gasteiger partial charge < -0.3 is 5.32 Å². The zero-order valence-corrected chi connectivity index (χ0v) is 13.8. The molecule has 4 nitrogen and oxygen atoms in total. The molecule has 1 saturated heterocycles. The molecule has 1 aromatic rings. The van der Waals surface area contributed by atoms with Crippen LogP contribution >= 0.6 is 12.4 Å². The summed E-state index contributed by atoms with van der Waals surface area (Å²) in [7, 11) is -3.36. The van der Waals surface area contributed by atoms with Crippen molar-refractivity contribution in [3.8, 4) is 0 Å². The molecule has 0 bridgehead atoms. The van der Waals surface area contributed by atoms with Gasteiger partial charge in [-0.1, -0.05) is 19.1 Å². The van der Waals surface area contributed by atoms with E-state index in [2.05, 4.69) is 12.2 Å². The second-order valence-electron chi connectivity index (χ2n) is 5.29. The fraction of sp³-hybridized carbons (Fsp3) is 0.571. The SMILES string of the molecule is CCc1ccc(S(=O)(=O)N2CC(C)NC(C)C2)cc1.Cl. The molecule has 1 fully saturated rings. The zero-order chi connectivity index (χ0) is 14.0. The molecule has 1 N–H and O–H groups in total. The molecule has 0 spiro atoms. The maximum atomic E-state index is 12.6. The Morgan fingerprint density at radius 3 is 2.10 bits per heavy atom. The van der Waals surface area contributed by atoms with Crippen LogP contribution in [0.15, 0.2) is 29.2 Å². The van der Waals surface area contributed by atoms with Gasteiger partial charge in [-0.3, -0.25) is 0 Å². The first-order valence-corrected chi connectivity index (χ1v) is 8.22. The van der Waals surface area contributed by atoms with Gasteiger partial charge in [-0.25, -0.2) is 8.42 Å². The summed E-state index contributed by atoms with van der Waals surface area (Å²) in [6, 6.07) is 7.59. The van der Waals surface area contributed by atoms with Gasteiger partial charge in [0.2, 0.25) is 10.0 Å². The number of nitrogens with zero attached hydrogens (tertiary/aromatic N) is 1. The van der Waals surface area contributed by atoms with Gasteiger partial charge in [0, 0.05) is 25.2 Å². The van der Waals surface area contributed by atoms with E-state index in [9.17, 15) is 8.42 Å². The number of nitrogens with one attached hydrogen (secondary N) is 1. The van der Waals surface area contributed by atoms with Crippen LogP contribution in [-0.2, 0) is 16.4 Å². The molecule has 1 heterocycles. The van der Waals surface area contributed by atoms with E-state index < -0.39 is 10.0 Å². The summed E-state index contributed by atoms with van der Waals surface area (Å²) in [5.41, 5.74) is 1.15. The Morgan fingerprint density at radius 2 is 1.65 bits per heavy atom. The number of benzene rings is 1. The molecule has 6 heteroatoms. The Labute approximate surface area is 128 Å². The van der Waals surface area contributed by atoms with Crippen molar-refractivity contribution in [3.63, 3.8) is 0 Å². The monoisotopic (exact) mass is 318 g/mol. The predicted octanol–water partition coefficient (Wildman–Crippen LogP) is 2.04. The fourth-order valence-electron chi connectivity index (χ4n) is 2.52. The van der Waals surface area contributed by atoms with Gasteiger partial charge in [0.1, 0.15) is 0 Å². The smallest absolute Gasteiger partial charge is 0.243 e. The molecule has 114 valence electrons. The van der Waals surface area contributed by atoms with Gasteiger partial charge >= 0.3 is 0 Å². The molecule has 2 rings (SSSR count). The number of sulfonamides is 1. The first kappa shape index (κ1) is 17.4. The van der Waals surface area contributed by atoms with Crippen LogP contribution < -0.4 is 5.32 Å². The zero-order valence-electron chi connectivity index (χ0n) is 12.2. The highest BCUT2D eigenvalue weighted by atomic mass is 35.5. The Kier molecular flexibility index (Phi) is 6.01. The Balaban J connectivity index is 0.00000200. The van der Waals surface area contributed by atoms with Crippen LogP contribution in [0.4, 0.5) is 0 Å². The maximum Gasteiger partial charge on any atom is 0.243 e. The van der Waals surface area contributed by atoms with Gasteiger partial charge in [-0.05, 0) is 38.0 Å². The lowest BCUT2D eigenvalue weighted by molar-refractivity contribution is 0.263. The Morgan fingerprint density at radius 1 is 1.15 bits per heavy atom. The topological polar surface area (TPSA) is 49.4 Å². The number of rotatable bonds is 3. The molecule has 0 saturated carbocycles. The lowest BCUT2D eigenvalue weighted by atomic mass is 10.2. The summed E-state index contributed by atoms with van der Waals surface area (Å²) in [6.45, 7) is 7.14. The summed E-state index contributed by atoms with van der Waals surface area (Å²) >= 11 is 0. The van der Waals surface area contributed by atoms with Gasteiger partial charge in [-0.15, -0.1) is 12.4 Å². The molecule has 2 unspecified atom stereocenters. The molecule has 0 aromatic heterocycles. The summed E-state index contributed by atoms with van der Waals surface area (Å²) in [5.74, 6) is 0. The first-order valence-electron chi connectivity index (χ1n) is 6.78. The second kappa shape index (κ2) is 6.89. The molecule has 1 aromatic carbocycles. The van der Waals surface area contributed by atoms with Crippen molar-refractivity contribution in [2.24, 2.45) is 0 Å². The molecular formula is C14H23ClN2O2S. The molecule has 0 radical (unpaired) electrons. The van der Waals surface area contributed by atoms with E-state index in [0.717, 1.165) is 12.0 Å². The third kappa shape index (κ3) is 3.73. The number of hydrogen-bond acceptors (Lipinski definition) is 3. The highest BCUT2D eigenvalue weighted by Gasteiger charge is 2.31. The van der Waals surface area contributed by atoms with Crippen LogP contribution in [0.3, 0.4) is 0 Å². The standard InChI is InChI=1S/C14H22N2O2S.ClH/c1-4-13-5-7-14(8-6-13)19(17,18)16-9-11(2)15-12(3)10-16;/h5-8,11-12,15H,4,9-10H2,1-3H3;1H. The van der Waals surface area contributed by atoms with Gasteiger partial charge in [-0.2, -0.15) is 4.31 Å². The van der Waals surface area contributed by atoms with Crippen molar-refractivity contribution in [1.29, 1.82) is 0 Å². The number of aryl methyl sites for hydroxylation is 1. The number of halogens is 1. The largest absolute Gasteiger partial charge is 0.309 e. The molecule has 20 heavy (non-hydrogen) atoms. The molecule has 1 aliphatic heterocycles. The van der Waals surface area contributed by atoms with Crippen molar-refractivity contribution >= 4 is 22.4 Å². The highest BCUT2D eigenvalue weighted by Crippen LogP contribution is 2.19. The van der Waals surface area contributed by atoms with Crippen LogP contribution in [0.1, 0.15) is 26.3 Å². The first-order chi connectivity index (χ1) is 8.93. The van der Waals surface area contributed by atoms with Crippen LogP contribution in [0, 0.1) is 0 Å². The Bertz CT molecular complexity index is 521. The Hall–Kier alpha value is -0.620. The summed E-state index contributed by atoms with van der Waals surface area (Å²) in [6.07, 6.45) is 0.919. The van der Waals surface area contributed by atoms with Crippen molar-refractivity contribution < 1.29 is 8.42 Å². The lowest BCUT2D eigenvalue weighted by Crippen LogP contribution is -2.55. The van der Waals surface area contributed by atoms with Gasteiger partial charge in [0.25, 0.3) is 0 Å². The quantitative estimate of drug-likeness (QED) is 0.928. The minimum absolute atomic E-state index is 0. The molecule has 1 aliphatic rings. The summed E-state index contributed by atoms with van der Waals surface area (Å²) < 4.78 is 26.7. The highest BCUT2D eigenvalue weighted by molar-refractivity contribution is 7.89. The van der Waals surface area contributed by atoms with Gasteiger partial charge in [0.05, 0.1) is 4.90 Å². The summed E-state index contributed by atoms with van der Waals surface area (Å²) in [4.78, 5) is 0.394. The van der Waals surface area contributed by atoms with E-state index in [1.807, 2.05) is 26.0 Å². The van der Waals surface area contributed by atoms with Crippen LogP contribution in [-0.4, -0.2) is 37.9 Å². The van der Waals surface area contributed by atoms with E-state index in [1.54, 1.807) is 16.4 Å². The minimum Gasteiger partial charge on any atom is -0.309 e. The number of piperazine rings is 1. The van der Waals surface area contributed by atoms with Crippen molar-refractivity contribution in [3.05, 3.63) is 29.8 Å². The average molecular weight is 319 g/mol. The lowest BCUT2D eigenvalue weighted by Gasteiger charge is -2.35. The minimum atomic E-state index is -3.36. The second-order valence-corrected chi connectivity index (χ2v) is 7.23. The van der Waals surface area contributed by atoms with Crippen LogP contribution in [0.25, 0.3) is 0 Å². The molecular weight excluding hydrogens is 296 g/mol. The molecule has 0 amide bonds. The molecule has 2 atom stereocenters. The van der Waals surface area contributed by atoms with E-state index in [0.29, 0.717) is 18.0 Å². The average Bonchev–Trinajstić information content (AvgIpc) is 2.37. The summed E-state index contributed by atoms with van der Waals surface area (Å²) in [5, 5.41) is 3.34. The van der Waals surface area contributed by atoms with Crippen molar-refractivity contribution in [1.82, 2.24) is 9.62 Å². The van der Waals surface area contributed by atoms with E-state index in [1.165, 1.54) is 0 Å². The predicted molar refractivity (Wildman–Crippen MR) is 83.9 cm³/mol. The normalized spacial score (nSPS) is 24.1. The van der Waals surface area contributed by atoms with Crippen LogP contribution in [0.2, 0.25) is 0 Å². The van der Waals surface area contributed by atoms with Crippen LogP contribution in [0.5, 0.6) is 0 Å². The third-order valence-electron chi connectivity index (χ3n) is 3.49. The molecule has 0 aliphatic carbocycles. The van der Waals surface area contributed by atoms with E-state index in [-0.39, 0.29) is 24.5 Å².